The molecule has 1 aliphatic heterocycles. The Balaban J connectivity index is 1.60. The molecule has 3 rings (SSSR count). The van der Waals surface area contributed by atoms with E-state index >= 15 is 0 Å². The summed E-state index contributed by atoms with van der Waals surface area (Å²) in [5, 5.41) is 3.30. The van der Waals surface area contributed by atoms with Gasteiger partial charge in [0.05, 0.1) is 18.6 Å². The number of hydrogen-bond donors (Lipinski definition) is 1. The van der Waals surface area contributed by atoms with Crippen molar-refractivity contribution in [1.29, 1.82) is 0 Å². The molecule has 2 aromatic rings. The molecule has 1 aliphatic rings. The van der Waals surface area contributed by atoms with Crippen molar-refractivity contribution in [1.82, 2.24) is 14.3 Å². The van der Waals surface area contributed by atoms with Crippen molar-refractivity contribution >= 4 is 15.8 Å². The van der Waals surface area contributed by atoms with Crippen molar-refractivity contribution in [3.63, 3.8) is 0 Å². The molecule has 0 spiro atoms. The fourth-order valence-electron chi connectivity index (χ4n) is 3.08. The number of nitrogens with one attached hydrogen (secondary N) is 1. The van der Waals surface area contributed by atoms with E-state index in [0.717, 1.165) is 6.42 Å². The molecule has 0 unspecified atom stereocenters. The van der Waals surface area contributed by atoms with Crippen LogP contribution in [0.4, 0.5) is 5.82 Å². The Morgan fingerprint density at radius 3 is 2.46 bits per heavy atom. The van der Waals surface area contributed by atoms with Gasteiger partial charge in [-0.1, -0.05) is 6.92 Å². The number of aromatic nitrogens is 2. The average molecular weight is 407 g/mol. The van der Waals surface area contributed by atoms with E-state index in [1.54, 1.807) is 43.8 Å². The highest BCUT2D eigenvalue weighted by molar-refractivity contribution is 7.89. The fourth-order valence-corrected chi connectivity index (χ4v) is 4.55. The molecule has 28 heavy (non-hydrogen) atoms. The van der Waals surface area contributed by atoms with Crippen LogP contribution in [0, 0.1) is 0 Å². The average Bonchev–Trinajstić information content (AvgIpc) is 2.73. The van der Waals surface area contributed by atoms with Crippen molar-refractivity contribution in [2.45, 2.75) is 37.1 Å². The second kappa shape index (κ2) is 9.20. The maximum atomic E-state index is 12.9. The molecule has 0 atom stereocenters. The molecule has 2 heterocycles. The highest BCUT2D eigenvalue weighted by Crippen LogP contribution is 2.25. The number of benzene rings is 1. The number of sulfonamides is 1. The zero-order valence-electron chi connectivity index (χ0n) is 16.2. The van der Waals surface area contributed by atoms with E-state index in [2.05, 4.69) is 15.3 Å². The van der Waals surface area contributed by atoms with Crippen molar-refractivity contribution in [3.05, 3.63) is 36.7 Å². The third-order valence-electron chi connectivity index (χ3n) is 4.59. The lowest BCUT2D eigenvalue weighted by atomic mass is 10.1. The summed E-state index contributed by atoms with van der Waals surface area (Å²) in [7, 11) is -1.97. The van der Waals surface area contributed by atoms with Crippen molar-refractivity contribution in [2.24, 2.45) is 0 Å². The van der Waals surface area contributed by atoms with E-state index in [1.165, 1.54) is 4.31 Å². The van der Waals surface area contributed by atoms with Crippen LogP contribution < -0.4 is 14.8 Å². The number of methoxy groups -OCH3 is 1. The molecule has 1 fully saturated rings. The molecule has 8 nitrogen and oxygen atoms in total. The van der Waals surface area contributed by atoms with E-state index in [9.17, 15) is 8.42 Å². The summed E-state index contributed by atoms with van der Waals surface area (Å²) in [5.41, 5.74) is 0. The first-order valence-electron chi connectivity index (χ1n) is 9.39. The quantitative estimate of drug-likeness (QED) is 0.720. The molecule has 0 aliphatic carbocycles. The minimum atomic E-state index is -3.51. The van der Waals surface area contributed by atoms with Gasteiger partial charge in [0.15, 0.2) is 5.82 Å². The minimum Gasteiger partial charge on any atom is -0.494 e. The zero-order valence-corrected chi connectivity index (χ0v) is 17.0. The van der Waals surface area contributed by atoms with Gasteiger partial charge < -0.3 is 14.8 Å². The normalized spacial score (nSPS) is 15.9. The van der Waals surface area contributed by atoms with Gasteiger partial charge in [-0.05, 0) is 43.5 Å². The number of nitrogens with zero attached hydrogens (tertiary/aromatic N) is 3. The smallest absolute Gasteiger partial charge is 0.257 e. The van der Waals surface area contributed by atoms with Gasteiger partial charge in [0, 0.05) is 31.5 Å². The van der Waals surface area contributed by atoms with Crippen LogP contribution in [0.1, 0.15) is 26.2 Å². The van der Waals surface area contributed by atoms with E-state index in [4.69, 9.17) is 9.47 Å². The zero-order chi connectivity index (χ0) is 20.0. The first kappa shape index (κ1) is 20.3. The second-order valence-corrected chi connectivity index (χ2v) is 8.49. The Morgan fingerprint density at radius 2 is 1.82 bits per heavy atom. The predicted molar refractivity (Wildman–Crippen MR) is 106 cm³/mol. The summed E-state index contributed by atoms with van der Waals surface area (Å²) >= 11 is 0. The molecule has 1 aromatic heterocycles. The van der Waals surface area contributed by atoms with Gasteiger partial charge in [-0.15, -0.1) is 0 Å². The lowest BCUT2D eigenvalue weighted by Crippen LogP contribution is -2.42. The maximum absolute atomic E-state index is 12.9. The third kappa shape index (κ3) is 4.71. The topological polar surface area (TPSA) is 93.7 Å². The molecule has 1 N–H and O–H groups in total. The Morgan fingerprint density at radius 1 is 1.14 bits per heavy atom. The van der Waals surface area contributed by atoms with Gasteiger partial charge in [0.2, 0.25) is 10.0 Å². The number of ether oxygens (including phenoxy) is 2. The number of anilines is 1. The van der Waals surface area contributed by atoms with E-state index in [-0.39, 0.29) is 6.04 Å². The van der Waals surface area contributed by atoms with E-state index in [1.807, 2.05) is 6.92 Å². The van der Waals surface area contributed by atoms with Crippen molar-refractivity contribution in [3.8, 4) is 11.6 Å². The third-order valence-corrected chi connectivity index (χ3v) is 6.50. The van der Waals surface area contributed by atoms with Gasteiger partial charge in [0.25, 0.3) is 5.88 Å². The SMILES string of the molecule is CCCOc1ccc(S(=O)(=O)N2CCC(Nc3nccnc3OC)CC2)cc1. The van der Waals surface area contributed by atoms with Crippen LogP contribution >= 0.6 is 0 Å². The first-order valence-corrected chi connectivity index (χ1v) is 10.8. The Labute approximate surface area is 166 Å². The van der Waals surface area contributed by atoms with Crippen LogP contribution in [0.3, 0.4) is 0 Å². The lowest BCUT2D eigenvalue weighted by molar-refractivity contribution is 0.317. The van der Waals surface area contributed by atoms with Crippen molar-refractivity contribution in [2.75, 3.05) is 32.1 Å². The van der Waals surface area contributed by atoms with Crippen LogP contribution in [0.5, 0.6) is 11.6 Å². The molecule has 1 aromatic carbocycles. The van der Waals surface area contributed by atoms with Crippen LogP contribution in [-0.4, -0.2) is 55.5 Å². The molecule has 0 amide bonds. The maximum Gasteiger partial charge on any atom is 0.257 e. The van der Waals surface area contributed by atoms with Crippen LogP contribution in [0.15, 0.2) is 41.6 Å². The number of hydrogen-bond acceptors (Lipinski definition) is 7. The van der Waals surface area contributed by atoms with Gasteiger partial charge in [-0.2, -0.15) is 4.31 Å². The van der Waals surface area contributed by atoms with E-state index < -0.39 is 10.0 Å². The molecule has 0 radical (unpaired) electrons. The van der Waals surface area contributed by atoms with Crippen LogP contribution in [0.25, 0.3) is 0 Å². The van der Waals surface area contributed by atoms with Gasteiger partial charge >= 0.3 is 0 Å². The number of piperidine rings is 1. The lowest BCUT2D eigenvalue weighted by Gasteiger charge is -2.32. The highest BCUT2D eigenvalue weighted by Gasteiger charge is 2.29. The summed E-state index contributed by atoms with van der Waals surface area (Å²) in [5.74, 6) is 1.69. The molecule has 152 valence electrons. The Hall–Kier alpha value is -2.39. The first-order chi connectivity index (χ1) is 13.5. The Kier molecular flexibility index (Phi) is 6.69. The second-order valence-electron chi connectivity index (χ2n) is 6.56. The summed E-state index contributed by atoms with van der Waals surface area (Å²) < 4.78 is 38.1. The van der Waals surface area contributed by atoms with Gasteiger partial charge in [-0.25, -0.2) is 18.4 Å². The van der Waals surface area contributed by atoms with Crippen molar-refractivity contribution < 1.29 is 17.9 Å². The highest BCUT2D eigenvalue weighted by atomic mass is 32.2. The summed E-state index contributed by atoms with van der Waals surface area (Å²) in [6.07, 6.45) is 5.42. The summed E-state index contributed by atoms with van der Waals surface area (Å²) in [6, 6.07) is 6.74. The largest absolute Gasteiger partial charge is 0.494 e. The number of rotatable bonds is 8. The van der Waals surface area contributed by atoms with Gasteiger partial charge in [-0.3, -0.25) is 0 Å². The molecule has 9 heteroatoms. The Bertz CT molecular complexity index is 866. The summed E-state index contributed by atoms with van der Waals surface area (Å²) in [6.45, 7) is 3.52. The van der Waals surface area contributed by atoms with Crippen LogP contribution in [0.2, 0.25) is 0 Å². The predicted octanol–water partition coefficient (Wildman–Crippen LogP) is 2.54. The summed E-state index contributed by atoms with van der Waals surface area (Å²) in [4.78, 5) is 8.65. The fraction of sp³-hybridized carbons (Fsp3) is 0.474. The van der Waals surface area contributed by atoms with E-state index in [0.29, 0.717) is 54.9 Å². The molecule has 0 saturated carbocycles. The standard InChI is InChI=1S/C19H26N4O4S/c1-3-14-27-16-4-6-17(7-5-16)28(24,25)23-12-8-15(9-13-23)22-18-19(26-2)21-11-10-20-18/h4-7,10-11,15H,3,8-9,12-14H2,1-2H3,(H,20,22). The molecule has 0 bridgehead atoms. The molecular weight excluding hydrogens is 380 g/mol. The molecular formula is C19H26N4O4S. The monoisotopic (exact) mass is 406 g/mol. The van der Waals surface area contributed by atoms with Gasteiger partial charge in [0.1, 0.15) is 5.75 Å². The van der Waals surface area contributed by atoms with Crippen LogP contribution in [-0.2, 0) is 10.0 Å². The molecule has 1 saturated heterocycles. The minimum absolute atomic E-state index is 0.113.